The molecule has 0 rings (SSSR count). The number of nitrogens with zero attached hydrogens (tertiary/aromatic N) is 1. The maximum atomic E-state index is 11.6. The molecule has 0 fully saturated rings. The molecule has 0 spiro atoms. The van der Waals surface area contributed by atoms with Crippen molar-refractivity contribution in [3.05, 3.63) is 0 Å². The Bertz CT molecular complexity index is 433. The SMILES string of the molecule is O=C(O)CNC(=O)[C@H](CS)NC(=O)CC[C@H](N=[Se])C(=O)O. The fourth-order valence-electron chi connectivity index (χ4n) is 1.24. The summed E-state index contributed by atoms with van der Waals surface area (Å²) in [5.74, 6) is -3.62. The summed E-state index contributed by atoms with van der Waals surface area (Å²) >= 11 is 6.12. The Morgan fingerprint density at radius 3 is 2.29 bits per heavy atom. The average molecular weight is 384 g/mol. The molecular weight excluding hydrogens is 369 g/mol. The summed E-state index contributed by atoms with van der Waals surface area (Å²) in [6.07, 6.45) is -0.164. The van der Waals surface area contributed by atoms with Crippen molar-refractivity contribution in [1.82, 2.24) is 10.6 Å². The Morgan fingerprint density at radius 1 is 1.24 bits per heavy atom. The van der Waals surface area contributed by atoms with Gasteiger partial charge < -0.3 is 0 Å². The van der Waals surface area contributed by atoms with E-state index in [1.54, 1.807) is 0 Å². The van der Waals surface area contributed by atoms with Crippen molar-refractivity contribution >= 4 is 52.2 Å². The second-order valence-electron chi connectivity index (χ2n) is 3.91. The van der Waals surface area contributed by atoms with Crippen LogP contribution in [0.4, 0.5) is 0 Å². The summed E-state index contributed by atoms with van der Waals surface area (Å²) in [5, 5.41) is 21.6. The van der Waals surface area contributed by atoms with Crippen LogP contribution in [0.25, 0.3) is 0 Å². The molecule has 0 radical (unpaired) electrons. The van der Waals surface area contributed by atoms with Crippen LogP contribution < -0.4 is 10.6 Å². The average Bonchev–Trinajstić information content (AvgIpc) is 2.42. The number of hydrogen-bond acceptors (Lipinski definition) is 6. The van der Waals surface area contributed by atoms with Gasteiger partial charge in [0.25, 0.3) is 0 Å². The standard InChI is InChI=1S/C10H15N3O6SSe/c14-7(2-1-5(13-21)10(18)19)12-6(4-20)9(17)11-3-8(15)16/h5-6,20H,1-4H2,(H,11,17)(H,12,14)(H,15,16)(H,18,19)/t5-,6-/m0/s1. The molecule has 0 aromatic heterocycles. The van der Waals surface area contributed by atoms with Gasteiger partial charge in [-0.1, -0.05) is 0 Å². The molecule has 0 saturated carbocycles. The van der Waals surface area contributed by atoms with E-state index in [9.17, 15) is 19.2 Å². The molecule has 118 valence electrons. The van der Waals surface area contributed by atoms with Gasteiger partial charge in [0.05, 0.1) is 0 Å². The van der Waals surface area contributed by atoms with E-state index in [0.29, 0.717) is 0 Å². The van der Waals surface area contributed by atoms with Crippen molar-refractivity contribution in [2.24, 2.45) is 3.96 Å². The number of carbonyl (C=O) groups excluding carboxylic acids is 2. The molecular formula is C10H15N3O6SSe. The molecule has 0 bridgehead atoms. The van der Waals surface area contributed by atoms with Crippen LogP contribution in [0.2, 0.25) is 0 Å². The van der Waals surface area contributed by atoms with Crippen molar-refractivity contribution < 1.29 is 29.4 Å². The zero-order valence-electron chi connectivity index (χ0n) is 10.8. The van der Waals surface area contributed by atoms with E-state index in [1.807, 2.05) is 0 Å². The van der Waals surface area contributed by atoms with Gasteiger partial charge in [0, 0.05) is 0 Å². The molecule has 0 aliphatic heterocycles. The number of carboxylic acid groups (broad SMARTS) is 2. The molecule has 0 aliphatic carbocycles. The third-order valence-corrected chi connectivity index (χ3v) is 3.20. The Balaban J connectivity index is 4.32. The number of thiol groups is 1. The molecule has 0 aromatic rings. The van der Waals surface area contributed by atoms with Gasteiger partial charge in [0.2, 0.25) is 0 Å². The van der Waals surface area contributed by atoms with Gasteiger partial charge in [-0.05, 0) is 0 Å². The molecule has 21 heavy (non-hydrogen) atoms. The van der Waals surface area contributed by atoms with Crippen molar-refractivity contribution in [3.63, 3.8) is 0 Å². The number of nitrogens with one attached hydrogen (secondary N) is 2. The summed E-state index contributed by atoms with van der Waals surface area (Å²) in [4.78, 5) is 44.2. The van der Waals surface area contributed by atoms with Crippen LogP contribution in [0.5, 0.6) is 0 Å². The summed E-state index contributed by atoms with van der Waals surface area (Å²) in [7, 11) is 0. The summed E-state index contributed by atoms with van der Waals surface area (Å²) < 4.78 is 3.48. The molecule has 9 nitrogen and oxygen atoms in total. The van der Waals surface area contributed by atoms with Gasteiger partial charge in [-0.15, -0.1) is 0 Å². The van der Waals surface area contributed by atoms with Gasteiger partial charge in [-0.3, -0.25) is 0 Å². The number of rotatable bonds is 10. The molecule has 4 N–H and O–H groups in total. The third kappa shape index (κ3) is 8.43. The van der Waals surface area contributed by atoms with E-state index < -0.39 is 42.4 Å². The van der Waals surface area contributed by atoms with Crippen molar-refractivity contribution in [1.29, 1.82) is 0 Å². The van der Waals surface area contributed by atoms with Gasteiger partial charge in [-0.2, -0.15) is 0 Å². The van der Waals surface area contributed by atoms with Crippen molar-refractivity contribution in [3.8, 4) is 0 Å². The topological polar surface area (TPSA) is 145 Å². The van der Waals surface area contributed by atoms with Crippen LogP contribution >= 0.6 is 12.6 Å². The first-order valence-electron chi connectivity index (χ1n) is 5.76. The predicted octanol–water partition coefficient (Wildman–Crippen LogP) is -1.81. The van der Waals surface area contributed by atoms with E-state index in [-0.39, 0.29) is 18.6 Å². The molecule has 2 atom stereocenters. The Kier molecular flexibility index (Phi) is 9.59. The van der Waals surface area contributed by atoms with E-state index in [4.69, 9.17) is 10.2 Å². The Morgan fingerprint density at radius 2 is 1.86 bits per heavy atom. The monoisotopic (exact) mass is 385 g/mol. The molecule has 0 aliphatic rings. The minimum atomic E-state index is -1.21. The van der Waals surface area contributed by atoms with Gasteiger partial charge in [0.15, 0.2) is 0 Å². The van der Waals surface area contributed by atoms with Crippen LogP contribution in [-0.2, 0) is 19.2 Å². The fraction of sp³-hybridized carbons (Fsp3) is 0.600. The predicted molar refractivity (Wildman–Crippen MR) is 75.3 cm³/mol. The number of aliphatic carboxylic acids is 2. The molecule has 2 amide bonds. The van der Waals surface area contributed by atoms with Crippen LogP contribution in [-0.4, -0.2) is 74.2 Å². The van der Waals surface area contributed by atoms with Crippen LogP contribution in [0.3, 0.4) is 0 Å². The van der Waals surface area contributed by atoms with E-state index in [1.165, 1.54) is 0 Å². The van der Waals surface area contributed by atoms with Crippen LogP contribution in [0, 0.1) is 0 Å². The van der Waals surface area contributed by atoms with Crippen molar-refractivity contribution in [2.75, 3.05) is 12.3 Å². The second kappa shape index (κ2) is 10.3. The van der Waals surface area contributed by atoms with Gasteiger partial charge in [0.1, 0.15) is 0 Å². The number of carboxylic acids is 2. The first-order valence-corrected chi connectivity index (χ1v) is 7.16. The molecule has 0 aromatic carbocycles. The van der Waals surface area contributed by atoms with Crippen LogP contribution in [0.15, 0.2) is 3.96 Å². The third-order valence-electron chi connectivity index (χ3n) is 2.31. The Labute approximate surface area is 133 Å². The minimum absolute atomic E-state index is 0.0223. The quantitative estimate of drug-likeness (QED) is 0.222. The molecule has 0 unspecified atom stereocenters. The molecule has 11 heteroatoms. The summed E-state index contributed by atoms with van der Waals surface area (Å²) in [5.41, 5.74) is 0. The van der Waals surface area contributed by atoms with Crippen molar-refractivity contribution in [2.45, 2.75) is 24.9 Å². The van der Waals surface area contributed by atoms with E-state index in [2.05, 4.69) is 43.0 Å². The summed E-state index contributed by atoms with van der Waals surface area (Å²) in [6, 6.07) is -2.03. The van der Waals surface area contributed by atoms with Gasteiger partial charge in [-0.25, -0.2) is 0 Å². The second-order valence-corrected chi connectivity index (χ2v) is 4.72. The first-order chi connectivity index (χ1) is 9.81. The van der Waals surface area contributed by atoms with Crippen LogP contribution in [0.1, 0.15) is 12.8 Å². The van der Waals surface area contributed by atoms with E-state index in [0.717, 1.165) is 0 Å². The van der Waals surface area contributed by atoms with E-state index >= 15 is 0 Å². The zero-order valence-corrected chi connectivity index (χ0v) is 13.4. The summed E-state index contributed by atoms with van der Waals surface area (Å²) in [6.45, 7) is -0.565. The maximum absolute atomic E-state index is 11.6. The van der Waals surface area contributed by atoms with Gasteiger partial charge >= 0.3 is 133 Å². The fourth-order valence-corrected chi connectivity index (χ4v) is 1.90. The number of hydrogen-bond donors (Lipinski definition) is 5. The first kappa shape index (κ1) is 19.5. The normalized spacial score (nSPS) is 12.8. The molecule has 0 heterocycles. The number of carbonyl (C=O) groups is 4. The Hall–Kier alpha value is -1.45. The number of amides is 2. The molecule has 0 saturated heterocycles. The zero-order chi connectivity index (χ0) is 16.4.